The maximum Gasteiger partial charge on any atom is 0.138 e. The monoisotopic (exact) mass is 293 g/mol. The average Bonchev–Trinajstić information content (AvgIpc) is 2.46. The molecule has 2 heterocycles. The molecule has 118 valence electrons. The van der Waals surface area contributed by atoms with E-state index in [1.54, 1.807) is 12.4 Å². The zero-order valence-electron chi connectivity index (χ0n) is 13.5. The summed E-state index contributed by atoms with van der Waals surface area (Å²) in [5.41, 5.74) is 7.35. The predicted octanol–water partition coefficient (Wildman–Crippen LogP) is 1.98. The van der Waals surface area contributed by atoms with Crippen molar-refractivity contribution < 1.29 is 9.47 Å². The van der Waals surface area contributed by atoms with Crippen LogP contribution in [-0.4, -0.2) is 47.8 Å². The van der Waals surface area contributed by atoms with Crippen LogP contribution < -0.4 is 10.5 Å². The summed E-state index contributed by atoms with van der Waals surface area (Å²) < 4.78 is 11.5. The van der Waals surface area contributed by atoms with E-state index in [9.17, 15) is 0 Å². The van der Waals surface area contributed by atoms with Gasteiger partial charge in [0.05, 0.1) is 31.1 Å². The average molecular weight is 293 g/mol. The summed E-state index contributed by atoms with van der Waals surface area (Å²) in [6.07, 6.45) is 3.64. The largest absolute Gasteiger partial charge is 0.489 e. The molecule has 2 N–H and O–H groups in total. The van der Waals surface area contributed by atoms with Crippen molar-refractivity contribution in [3.8, 4) is 5.75 Å². The minimum atomic E-state index is -0.185. The highest BCUT2D eigenvalue weighted by atomic mass is 16.5. The van der Waals surface area contributed by atoms with Gasteiger partial charge in [0.1, 0.15) is 5.75 Å². The maximum atomic E-state index is 6.38. The number of aromatic nitrogens is 1. The van der Waals surface area contributed by atoms with Gasteiger partial charge >= 0.3 is 0 Å². The van der Waals surface area contributed by atoms with Gasteiger partial charge in [-0.15, -0.1) is 0 Å². The molecule has 1 aliphatic rings. The molecule has 0 aromatic carbocycles. The Balaban J connectivity index is 2.06. The highest BCUT2D eigenvalue weighted by Gasteiger charge is 2.28. The van der Waals surface area contributed by atoms with Crippen molar-refractivity contribution >= 4 is 0 Å². The molecule has 0 aliphatic carbocycles. The molecule has 1 aromatic rings. The highest BCUT2D eigenvalue weighted by Crippen LogP contribution is 2.23. The molecule has 0 saturated carbocycles. The van der Waals surface area contributed by atoms with Gasteiger partial charge in [-0.1, -0.05) is 0 Å². The van der Waals surface area contributed by atoms with E-state index in [-0.39, 0.29) is 18.2 Å². The fraction of sp³-hybridized carbons (Fsp3) is 0.688. The number of nitrogens with zero attached hydrogens (tertiary/aromatic N) is 2. The van der Waals surface area contributed by atoms with Gasteiger partial charge in [0, 0.05) is 25.3 Å². The molecule has 1 aromatic heterocycles. The lowest BCUT2D eigenvalue weighted by atomic mass is 10.0. The quantitative estimate of drug-likeness (QED) is 0.899. The van der Waals surface area contributed by atoms with Gasteiger partial charge in [0.15, 0.2) is 0 Å². The molecule has 0 amide bonds. The van der Waals surface area contributed by atoms with E-state index in [0.717, 1.165) is 31.0 Å². The first-order chi connectivity index (χ1) is 9.97. The fourth-order valence-corrected chi connectivity index (χ4v) is 2.55. The van der Waals surface area contributed by atoms with Gasteiger partial charge in [-0.2, -0.15) is 0 Å². The molecular weight excluding hydrogens is 266 g/mol. The van der Waals surface area contributed by atoms with Crippen LogP contribution in [0.4, 0.5) is 0 Å². The third kappa shape index (κ3) is 4.40. The Morgan fingerprint density at radius 2 is 2.10 bits per heavy atom. The highest BCUT2D eigenvalue weighted by molar-refractivity contribution is 5.27. The van der Waals surface area contributed by atoms with Crippen molar-refractivity contribution in [2.75, 3.05) is 19.7 Å². The first-order valence-corrected chi connectivity index (χ1v) is 7.70. The van der Waals surface area contributed by atoms with Gasteiger partial charge in [-0.05, 0) is 39.3 Å². The van der Waals surface area contributed by atoms with E-state index < -0.39 is 0 Å². The van der Waals surface area contributed by atoms with E-state index in [0.29, 0.717) is 6.04 Å². The Morgan fingerprint density at radius 1 is 1.33 bits per heavy atom. The second-order valence-electron chi connectivity index (χ2n) is 6.14. The zero-order chi connectivity index (χ0) is 15.4. The molecule has 1 fully saturated rings. The van der Waals surface area contributed by atoms with Gasteiger partial charge in [0.25, 0.3) is 0 Å². The van der Waals surface area contributed by atoms with Gasteiger partial charge in [0.2, 0.25) is 0 Å². The third-order valence-electron chi connectivity index (χ3n) is 3.75. The summed E-state index contributed by atoms with van der Waals surface area (Å²) in [6.45, 7) is 10.9. The van der Waals surface area contributed by atoms with Crippen LogP contribution in [0.1, 0.15) is 39.3 Å². The van der Waals surface area contributed by atoms with Crippen LogP contribution >= 0.6 is 0 Å². The fourth-order valence-electron chi connectivity index (χ4n) is 2.55. The van der Waals surface area contributed by atoms with Crippen LogP contribution in [0.25, 0.3) is 0 Å². The van der Waals surface area contributed by atoms with Crippen LogP contribution in [0.3, 0.4) is 0 Å². The minimum Gasteiger partial charge on any atom is -0.489 e. The minimum absolute atomic E-state index is 0.00255. The summed E-state index contributed by atoms with van der Waals surface area (Å²) in [5.74, 6) is 0.759. The van der Waals surface area contributed by atoms with E-state index >= 15 is 0 Å². The zero-order valence-corrected chi connectivity index (χ0v) is 13.5. The molecule has 1 saturated heterocycles. The van der Waals surface area contributed by atoms with Crippen LogP contribution in [0.2, 0.25) is 0 Å². The Kier molecular flexibility index (Phi) is 5.56. The number of morpholine rings is 1. The van der Waals surface area contributed by atoms with Crippen molar-refractivity contribution in [3.05, 3.63) is 24.0 Å². The Morgan fingerprint density at radius 3 is 2.76 bits per heavy atom. The molecule has 5 heteroatoms. The summed E-state index contributed by atoms with van der Waals surface area (Å²) >= 11 is 0. The Hall–Kier alpha value is -1.17. The smallest absolute Gasteiger partial charge is 0.138 e. The van der Waals surface area contributed by atoms with Gasteiger partial charge in [-0.3, -0.25) is 9.88 Å². The maximum absolute atomic E-state index is 6.38. The summed E-state index contributed by atoms with van der Waals surface area (Å²) in [7, 11) is 0. The SMILES string of the molecule is CC(C)Oc1cncc(C(N)C2CN(C(C)C)CCO2)c1. The molecule has 0 bridgehead atoms. The molecule has 1 aliphatic heterocycles. The van der Waals surface area contributed by atoms with E-state index in [2.05, 4.69) is 23.7 Å². The third-order valence-corrected chi connectivity index (χ3v) is 3.75. The van der Waals surface area contributed by atoms with E-state index in [4.69, 9.17) is 15.2 Å². The number of hydrogen-bond acceptors (Lipinski definition) is 5. The molecule has 21 heavy (non-hydrogen) atoms. The molecular formula is C16H27N3O2. The van der Waals surface area contributed by atoms with E-state index in [1.165, 1.54) is 0 Å². The number of rotatable bonds is 5. The van der Waals surface area contributed by atoms with Crippen LogP contribution in [0.5, 0.6) is 5.75 Å². The Bertz CT molecular complexity index is 451. The second-order valence-corrected chi connectivity index (χ2v) is 6.14. The second kappa shape index (κ2) is 7.20. The standard InChI is InChI=1S/C16H27N3O2/c1-11(2)19-5-6-20-15(10-19)16(17)13-7-14(9-18-8-13)21-12(3)4/h7-9,11-12,15-16H,5-6,10,17H2,1-4H3. The van der Waals surface area contributed by atoms with Crippen molar-refractivity contribution in [3.63, 3.8) is 0 Å². The normalized spacial score (nSPS) is 21.8. The van der Waals surface area contributed by atoms with Crippen LogP contribution in [0.15, 0.2) is 18.5 Å². The number of nitrogens with two attached hydrogens (primary N) is 1. The molecule has 2 unspecified atom stereocenters. The first-order valence-electron chi connectivity index (χ1n) is 7.70. The number of pyridine rings is 1. The Labute approximate surface area is 127 Å². The lowest BCUT2D eigenvalue weighted by Gasteiger charge is -2.37. The van der Waals surface area contributed by atoms with Crippen molar-refractivity contribution in [2.45, 2.75) is 52.0 Å². The summed E-state index contributed by atoms with van der Waals surface area (Å²) in [6, 6.07) is 2.29. The summed E-state index contributed by atoms with van der Waals surface area (Å²) in [4.78, 5) is 6.63. The van der Waals surface area contributed by atoms with Crippen molar-refractivity contribution in [1.82, 2.24) is 9.88 Å². The van der Waals surface area contributed by atoms with Gasteiger partial charge < -0.3 is 15.2 Å². The summed E-state index contributed by atoms with van der Waals surface area (Å²) in [5, 5.41) is 0. The number of hydrogen-bond donors (Lipinski definition) is 1. The molecule has 5 nitrogen and oxygen atoms in total. The first kappa shape index (κ1) is 16.2. The predicted molar refractivity (Wildman–Crippen MR) is 83.4 cm³/mol. The molecule has 0 radical (unpaired) electrons. The van der Waals surface area contributed by atoms with Crippen molar-refractivity contribution in [1.29, 1.82) is 0 Å². The topological polar surface area (TPSA) is 60.6 Å². The molecule has 2 atom stereocenters. The lowest BCUT2D eigenvalue weighted by Crippen LogP contribution is -2.49. The molecule has 2 rings (SSSR count). The van der Waals surface area contributed by atoms with Crippen LogP contribution in [-0.2, 0) is 4.74 Å². The van der Waals surface area contributed by atoms with Crippen molar-refractivity contribution in [2.24, 2.45) is 5.73 Å². The van der Waals surface area contributed by atoms with Crippen LogP contribution in [0, 0.1) is 0 Å². The van der Waals surface area contributed by atoms with Gasteiger partial charge in [-0.25, -0.2) is 0 Å². The van der Waals surface area contributed by atoms with E-state index in [1.807, 2.05) is 19.9 Å². The molecule has 0 spiro atoms. The lowest BCUT2D eigenvalue weighted by molar-refractivity contribution is -0.0503. The number of ether oxygens (including phenoxy) is 2.